The van der Waals surface area contributed by atoms with Gasteiger partial charge in [-0.1, -0.05) is 24.3 Å². The SMILES string of the molecule is OC[C@H]1[C@@H](O)[C@H](O)[C@@H](O)CN1CCCCCOCc1ccc(-c2ccsc2)cc1. The van der Waals surface area contributed by atoms with Crippen molar-refractivity contribution in [2.75, 3.05) is 26.3 Å². The molecule has 4 N–H and O–H groups in total. The number of thiophene rings is 1. The Hall–Kier alpha value is -1.32. The van der Waals surface area contributed by atoms with Crippen LogP contribution < -0.4 is 0 Å². The molecule has 7 heteroatoms. The number of likely N-dealkylation sites (tertiary alicyclic amines) is 1. The number of aliphatic hydroxyl groups excluding tert-OH is 4. The highest BCUT2D eigenvalue weighted by molar-refractivity contribution is 7.08. The highest BCUT2D eigenvalue weighted by Gasteiger charge is 2.40. The zero-order chi connectivity index (χ0) is 20.6. The monoisotopic (exact) mass is 421 g/mol. The first-order valence-electron chi connectivity index (χ1n) is 10.2. The van der Waals surface area contributed by atoms with Crippen LogP contribution in [0.3, 0.4) is 0 Å². The lowest BCUT2D eigenvalue weighted by Gasteiger charge is -2.43. The molecule has 29 heavy (non-hydrogen) atoms. The van der Waals surface area contributed by atoms with Crippen LogP contribution in [0, 0.1) is 0 Å². The zero-order valence-electron chi connectivity index (χ0n) is 16.6. The number of unbranched alkanes of at least 4 members (excludes halogenated alkanes) is 2. The molecule has 0 bridgehead atoms. The molecule has 1 saturated heterocycles. The molecule has 1 aliphatic heterocycles. The number of aliphatic hydroxyl groups is 4. The summed E-state index contributed by atoms with van der Waals surface area (Å²) in [7, 11) is 0. The summed E-state index contributed by atoms with van der Waals surface area (Å²) in [5.74, 6) is 0. The van der Waals surface area contributed by atoms with E-state index in [1.54, 1.807) is 11.3 Å². The molecular formula is C22H31NO5S. The zero-order valence-corrected chi connectivity index (χ0v) is 17.4. The van der Waals surface area contributed by atoms with Gasteiger partial charge in [-0.25, -0.2) is 0 Å². The molecule has 4 atom stereocenters. The second-order valence-electron chi connectivity index (χ2n) is 7.62. The molecule has 1 aromatic heterocycles. The van der Waals surface area contributed by atoms with E-state index in [1.165, 1.54) is 11.1 Å². The van der Waals surface area contributed by atoms with E-state index in [0.717, 1.165) is 24.8 Å². The molecule has 1 aliphatic rings. The number of nitrogens with zero attached hydrogens (tertiary/aromatic N) is 1. The number of β-amino-alcohol motifs (C(OH)–C–C–N with tert-alkyl or cyclic N) is 1. The van der Waals surface area contributed by atoms with Gasteiger partial charge in [0.05, 0.1) is 25.4 Å². The number of ether oxygens (including phenoxy) is 1. The average Bonchev–Trinajstić information content (AvgIpc) is 3.27. The van der Waals surface area contributed by atoms with Gasteiger partial charge in [-0.2, -0.15) is 11.3 Å². The van der Waals surface area contributed by atoms with E-state index >= 15 is 0 Å². The molecule has 3 rings (SSSR count). The minimum Gasteiger partial charge on any atom is -0.395 e. The molecule has 0 spiro atoms. The van der Waals surface area contributed by atoms with Crippen molar-refractivity contribution in [3.05, 3.63) is 46.7 Å². The quantitative estimate of drug-likeness (QED) is 0.438. The summed E-state index contributed by atoms with van der Waals surface area (Å²) >= 11 is 1.70. The molecule has 160 valence electrons. The van der Waals surface area contributed by atoms with Crippen LogP contribution in [0.25, 0.3) is 11.1 Å². The lowest BCUT2D eigenvalue weighted by molar-refractivity contribution is -0.145. The van der Waals surface area contributed by atoms with Crippen molar-refractivity contribution in [3.8, 4) is 11.1 Å². The Kier molecular flexibility index (Phi) is 8.62. The van der Waals surface area contributed by atoms with Gasteiger partial charge in [0.15, 0.2) is 0 Å². The summed E-state index contributed by atoms with van der Waals surface area (Å²) in [6.07, 6.45) is -0.541. The van der Waals surface area contributed by atoms with Gasteiger partial charge in [-0.3, -0.25) is 4.90 Å². The Morgan fingerprint density at radius 1 is 0.966 bits per heavy atom. The van der Waals surface area contributed by atoms with E-state index < -0.39 is 24.4 Å². The minimum absolute atomic E-state index is 0.237. The van der Waals surface area contributed by atoms with Crippen LogP contribution in [-0.2, 0) is 11.3 Å². The van der Waals surface area contributed by atoms with Crippen LogP contribution in [0.1, 0.15) is 24.8 Å². The average molecular weight is 422 g/mol. The molecule has 0 aliphatic carbocycles. The van der Waals surface area contributed by atoms with Crippen molar-refractivity contribution in [1.82, 2.24) is 4.90 Å². The first-order valence-corrected chi connectivity index (χ1v) is 11.1. The third kappa shape index (κ3) is 6.08. The van der Waals surface area contributed by atoms with Gasteiger partial charge < -0.3 is 25.2 Å². The fourth-order valence-corrected chi connectivity index (χ4v) is 4.41. The van der Waals surface area contributed by atoms with E-state index in [1.807, 2.05) is 4.90 Å². The fraction of sp³-hybridized carbons (Fsp3) is 0.545. The normalized spacial score (nSPS) is 25.4. The molecule has 1 aromatic carbocycles. The second-order valence-corrected chi connectivity index (χ2v) is 8.40. The van der Waals surface area contributed by atoms with Crippen LogP contribution in [0.5, 0.6) is 0 Å². The molecule has 2 heterocycles. The summed E-state index contributed by atoms with van der Waals surface area (Å²) in [4.78, 5) is 1.86. The van der Waals surface area contributed by atoms with E-state index in [4.69, 9.17) is 4.74 Å². The summed E-state index contributed by atoms with van der Waals surface area (Å²) < 4.78 is 5.77. The number of hydrogen-bond donors (Lipinski definition) is 4. The predicted molar refractivity (Wildman–Crippen MR) is 114 cm³/mol. The first-order chi connectivity index (χ1) is 14.1. The Bertz CT molecular complexity index is 709. The molecule has 0 saturated carbocycles. The summed E-state index contributed by atoms with van der Waals surface area (Å²) in [5, 5.41) is 43.3. The Balaban J connectivity index is 1.30. The fourth-order valence-electron chi connectivity index (χ4n) is 3.74. The maximum atomic E-state index is 10.00. The van der Waals surface area contributed by atoms with Gasteiger partial charge >= 0.3 is 0 Å². The van der Waals surface area contributed by atoms with E-state index in [2.05, 4.69) is 41.1 Å². The third-order valence-corrected chi connectivity index (χ3v) is 6.21. The summed E-state index contributed by atoms with van der Waals surface area (Å²) in [6, 6.07) is 10.0. The lowest BCUT2D eigenvalue weighted by atomic mass is 9.94. The van der Waals surface area contributed by atoms with Gasteiger partial charge in [0.2, 0.25) is 0 Å². The summed E-state index contributed by atoms with van der Waals surface area (Å²) in [5.41, 5.74) is 3.62. The van der Waals surface area contributed by atoms with Crippen molar-refractivity contribution in [1.29, 1.82) is 0 Å². The summed E-state index contributed by atoms with van der Waals surface area (Å²) in [6.45, 7) is 1.97. The first kappa shape index (κ1) is 22.4. The minimum atomic E-state index is -1.20. The van der Waals surface area contributed by atoms with Gasteiger partial charge in [-0.15, -0.1) is 0 Å². The molecule has 0 unspecified atom stereocenters. The van der Waals surface area contributed by atoms with Crippen LogP contribution in [0.2, 0.25) is 0 Å². The van der Waals surface area contributed by atoms with Crippen molar-refractivity contribution >= 4 is 11.3 Å². The Labute approximate surface area is 176 Å². The lowest BCUT2D eigenvalue weighted by Crippen LogP contribution is -2.62. The van der Waals surface area contributed by atoms with Crippen molar-refractivity contribution in [2.45, 2.75) is 50.2 Å². The molecule has 2 aromatic rings. The predicted octanol–water partition coefficient (Wildman–Crippen LogP) is 1.86. The van der Waals surface area contributed by atoms with Crippen LogP contribution in [0.15, 0.2) is 41.1 Å². The third-order valence-electron chi connectivity index (χ3n) is 5.53. The maximum Gasteiger partial charge on any atom is 0.109 e. The largest absolute Gasteiger partial charge is 0.395 e. The topological polar surface area (TPSA) is 93.4 Å². The number of piperidine rings is 1. The van der Waals surface area contributed by atoms with Crippen LogP contribution >= 0.6 is 11.3 Å². The highest BCUT2D eigenvalue weighted by Crippen LogP contribution is 2.22. The molecular weight excluding hydrogens is 390 g/mol. The molecule has 0 amide bonds. The van der Waals surface area contributed by atoms with Crippen LogP contribution in [0.4, 0.5) is 0 Å². The molecule has 6 nitrogen and oxygen atoms in total. The van der Waals surface area contributed by atoms with Gasteiger partial charge in [0, 0.05) is 13.2 Å². The number of rotatable bonds is 10. The van der Waals surface area contributed by atoms with E-state index in [-0.39, 0.29) is 13.2 Å². The maximum absolute atomic E-state index is 10.00. The van der Waals surface area contributed by atoms with Crippen molar-refractivity contribution in [3.63, 3.8) is 0 Å². The number of benzene rings is 1. The van der Waals surface area contributed by atoms with Gasteiger partial charge in [0.25, 0.3) is 0 Å². The van der Waals surface area contributed by atoms with E-state index in [0.29, 0.717) is 19.8 Å². The Morgan fingerprint density at radius 3 is 2.45 bits per heavy atom. The molecule has 0 radical (unpaired) electrons. The van der Waals surface area contributed by atoms with Gasteiger partial charge in [-0.05, 0) is 59.3 Å². The standard InChI is InChI=1S/C22H31NO5S/c24-13-19-21(26)22(27)20(25)12-23(19)9-2-1-3-10-28-14-16-4-6-17(7-5-16)18-8-11-29-15-18/h4-8,11,15,19-22,24-27H,1-3,9-10,12-14H2/t19-,20-,21+,22+/m0/s1. The second kappa shape index (κ2) is 11.2. The smallest absolute Gasteiger partial charge is 0.109 e. The van der Waals surface area contributed by atoms with E-state index in [9.17, 15) is 20.4 Å². The molecule has 1 fully saturated rings. The number of hydrogen-bond acceptors (Lipinski definition) is 7. The van der Waals surface area contributed by atoms with Crippen molar-refractivity contribution in [2.24, 2.45) is 0 Å². The van der Waals surface area contributed by atoms with Gasteiger partial charge in [0.1, 0.15) is 12.2 Å². The Morgan fingerprint density at radius 2 is 1.76 bits per heavy atom. The van der Waals surface area contributed by atoms with Crippen molar-refractivity contribution < 1.29 is 25.2 Å². The van der Waals surface area contributed by atoms with Crippen LogP contribution in [-0.4, -0.2) is 76.0 Å². The highest BCUT2D eigenvalue weighted by atomic mass is 32.1.